The second-order valence-corrected chi connectivity index (χ2v) is 8.33. The normalized spacial score (nSPS) is 17.4. The quantitative estimate of drug-likeness (QED) is 0.727. The van der Waals surface area contributed by atoms with E-state index in [1.54, 1.807) is 11.9 Å². The molecule has 0 unspecified atom stereocenters. The van der Waals surface area contributed by atoms with Gasteiger partial charge in [-0.2, -0.15) is 0 Å². The third-order valence-corrected chi connectivity index (χ3v) is 5.83. The number of nitrogens with zero attached hydrogens (tertiary/aromatic N) is 3. The predicted molar refractivity (Wildman–Crippen MR) is 111 cm³/mol. The number of piperazine rings is 1. The molecule has 0 spiro atoms. The molecule has 154 valence electrons. The molecule has 1 saturated heterocycles. The van der Waals surface area contributed by atoms with Crippen LogP contribution in [0.1, 0.15) is 18.6 Å². The van der Waals surface area contributed by atoms with E-state index >= 15 is 0 Å². The van der Waals surface area contributed by atoms with Crippen molar-refractivity contribution in [2.24, 2.45) is 5.92 Å². The summed E-state index contributed by atoms with van der Waals surface area (Å²) in [6, 6.07) is 11.3. The molecule has 2 aliphatic rings. The summed E-state index contributed by atoms with van der Waals surface area (Å²) in [5, 5.41) is 0.684. The molecule has 1 aromatic carbocycles. The highest BCUT2D eigenvalue weighted by Crippen LogP contribution is 2.31. The Balaban J connectivity index is 1.25. The summed E-state index contributed by atoms with van der Waals surface area (Å²) < 4.78 is 5.89. The Morgan fingerprint density at radius 3 is 2.41 bits per heavy atom. The molecule has 6 nitrogen and oxygen atoms in total. The number of amides is 2. The van der Waals surface area contributed by atoms with Crippen LogP contribution in [-0.4, -0.2) is 66.3 Å². The maximum atomic E-state index is 12.6. The van der Waals surface area contributed by atoms with E-state index in [9.17, 15) is 9.59 Å². The van der Waals surface area contributed by atoms with Crippen LogP contribution in [0.15, 0.2) is 40.8 Å². The van der Waals surface area contributed by atoms with Gasteiger partial charge in [0.15, 0.2) is 0 Å². The first-order valence-corrected chi connectivity index (χ1v) is 10.5. The largest absolute Gasteiger partial charge is 0.459 e. The van der Waals surface area contributed by atoms with Crippen LogP contribution in [0, 0.1) is 5.92 Å². The minimum absolute atomic E-state index is 0.0522. The first kappa shape index (κ1) is 20.0. The van der Waals surface area contributed by atoms with E-state index in [1.807, 2.05) is 41.3 Å². The molecule has 0 N–H and O–H groups in total. The Morgan fingerprint density at radius 2 is 1.76 bits per heavy atom. The van der Waals surface area contributed by atoms with Crippen molar-refractivity contribution in [3.8, 4) is 11.3 Å². The molecule has 7 heteroatoms. The van der Waals surface area contributed by atoms with Gasteiger partial charge in [0.05, 0.1) is 13.1 Å². The number of likely N-dealkylation sites (N-methyl/N-ethyl adjacent to an activating group) is 1. The Morgan fingerprint density at radius 1 is 1.07 bits per heavy atom. The average Bonchev–Trinajstić information content (AvgIpc) is 3.48. The lowest BCUT2D eigenvalue weighted by Gasteiger charge is -2.35. The maximum Gasteiger partial charge on any atom is 0.236 e. The van der Waals surface area contributed by atoms with E-state index in [0.717, 1.165) is 56.1 Å². The molecule has 1 aliphatic heterocycles. The van der Waals surface area contributed by atoms with Crippen molar-refractivity contribution in [1.29, 1.82) is 0 Å². The zero-order valence-corrected chi connectivity index (χ0v) is 17.4. The van der Waals surface area contributed by atoms with Crippen molar-refractivity contribution in [2.75, 3.05) is 39.8 Å². The zero-order valence-electron chi connectivity index (χ0n) is 16.6. The third kappa shape index (κ3) is 5.00. The number of halogens is 1. The highest BCUT2D eigenvalue weighted by Gasteiger charge is 2.34. The van der Waals surface area contributed by atoms with Gasteiger partial charge in [0, 0.05) is 49.7 Å². The minimum Gasteiger partial charge on any atom is -0.459 e. The molecule has 0 radical (unpaired) electrons. The number of rotatable bonds is 6. The standard InChI is InChI=1S/C22H26ClN3O3/c1-24(14-19-8-9-20(29-19)16-4-6-18(23)7-5-16)21(27)15-25-10-12-26(13-11-25)22(28)17-2-3-17/h4-9,17H,2-3,10-15H2,1H3. The molecule has 0 bridgehead atoms. The van der Waals surface area contributed by atoms with Gasteiger partial charge in [-0.1, -0.05) is 11.6 Å². The summed E-state index contributed by atoms with van der Waals surface area (Å²) in [5.74, 6) is 2.11. The number of carbonyl (C=O) groups excluding carboxylic acids is 2. The van der Waals surface area contributed by atoms with Gasteiger partial charge in [-0.05, 0) is 49.2 Å². The molecular weight excluding hydrogens is 390 g/mol. The van der Waals surface area contributed by atoms with Gasteiger partial charge in [0.25, 0.3) is 0 Å². The van der Waals surface area contributed by atoms with Crippen LogP contribution in [0.3, 0.4) is 0 Å². The monoisotopic (exact) mass is 415 g/mol. The number of furan rings is 1. The first-order valence-electron chi connectivity index (χ1n) is 10.1. The van der Waals surface area contributed by atoms with Crippen molar-refractivity contribution in [3.05, 3.63) is 47.2 Å². The summed E-state index contributed by atoms with van der Waals surface area (Å²) in [5.41, 5.74) is 0.952. The summed E-state index contributed by atoms with van der Waals surface area (Å²) in [6.45, 7) is 3.72. The zero-order chi connectivity index (χ0) is 20.4. The van der Waals surface area contributed by atoms with Crippen LogP contribution in [-0.2, 0) is 16.1 Å². The van der Waals surface area contributed by atoms with Crippen molar-refractivity contribution in [2.45, 2.75) is 19.4 Å². The smallest absolute Gasteiger partial charge is 0.236 e. The van der Waals surface area contributed by atoms with Gasteiger partial charge in [0.2, 0.25) is 11.8 Å². The second-order valence-electron chi connectivity index (χ2n) is 7.90. The minimum atomic E-state index is 0.0522. The Kier molecular flexibility index (Phi) is 5.92. The van der Waals surface area contributed by atoms with Gasteiger partial charge in [-0.3, -0.25) is 14.5 Å². The molecule has 1 aliphatic carbocycles. The lowest BCUT2D eigenvalue weighted by Crippen LogP contribution is -2.51. The molecule has 4 rings (SSSR count). The number of hydrogen-bond acceptors (Lipinski definition) is 4. The van der Waals surface area contributed by atoms with E-state index in [1.165, 1.54) is 0 Å². The third-order valence-electron chi connectivity index (χ3n) is 5.58. The van der Waals surface area contributed by atoms with E-state index in [4.69, 9.17) is 16.0 Å². The van der Waals surface area contributed by atoms with E-state index < -0.39 is 0 Å². The lowest BCUT2D eigenvalue weighted by atomic mass is 10.2. The van der Waals surface area contributed by atoms with Gasteiger partial charge in [-0.25, -0.2) is 0 Å². The topological polar surface area (TPSA) is 57.0 Å². The fourth-order valence-corrected chi connectivity index (χ4v) is 3.71. The summed E-state index contributed by atoms with van der Waals surface area (Å²) >= 11 is 5.93. The Bertz CT molecular complexity index is 868. The molecular formula is C22H26ClN3O3. The fourth-order valence-electron chi connectivity index (χ4n) is 3.58. The number of carbonyl (C=O) groups is 2. The molecule has 2 fully saturated rings. The molecule has 1 saturated carbocycles. The molecule has 0 atom stereocenters. The van der Waals surface area contributed by atoms with Gasteiger partial charge >= 0.3 is 0 Å². The van der Waals surface area contributed by atoms with Crippen LogP contribution in [0.5, 0.6) is 0 Å². The molecule has 29 heavy (non-hydrogen) atoms. The molecule has 2 aromatic rings. The molecule has 1 aromatic heterocycles. The first-order chi connectivity index (χ1) is 14.0. The van der Waals surface area contributed by atoms with E-state index in [-0.39, 0.29) is 11.8 Å². The van der Waals surface area contributed by atoms with Gasteiger partial charge in [0.1, 0.15) is 11.5 Å². The maximum absolute atomic E-state index is 12.6. The summed E-state index contributed by atoms with van der Waals surface area (Å²) in [4.78, 5) is 30.5. The molecule has 2 heterocycles. The highest BCUT2D eigenvalue weighted by molar-refractivity contribution is 6.30. The van der Waals surface area contributed by atoms with E-state index in [2.05, 4.69) is 4.90 Å². The van der Waals surface area contributed by atoms with Crippen molar-refractivity contribution >= 4 is 23.4 Å². The van der Waals surface area contributed by atoms with Crippen molar-refractivity contribution in [1.82, 2.24) is 14.7 Å². The Hall–Kier alpha value is -2.31. The number of hydrogen-bond donors (Lipinski definition) is 0. The van der Waals surface area contributed by atoms with Gasteiger partial charge < -0.3 is 14.2 Å². The second kappa shape index (κ2) is 8.59. The van der Waals surface area contributed by atoms with Crippen LogP contribution >= 0.6 is 11.6 Å². The fraction of sp³-hybridized carbons (Fsp3) is 0.455. The Labute approximate surface area is 176 Å². The SMILES string of the molecule is CN(Cc1ccc(-c2ccc(Cl)cc2)o1)C(=O)CN1CCN(C(=O)C2CC2)CC1. The highest BCUT2D eigenvalue weighted by atomic mass is 35.5. The summed E-state index contributed by atoms with van der Waals surface area (Å²) in [7, 11) is 1.79. The molecule has 2 amide bonds. The van der Waals surface area contributed by atoms with Gasteiger partial charge in [-0.15, -0.1) is 0 Å². The lowest BCUT2D eigenvalue weighted by molar-refractivity contribution is -0.135. The number of benzene rings is 1. The average molecular weight is 416 g/mol. The van der Waals surface area contributed by atoms with Crippen LogP contribution < -0.4 is 0 Å². The van der Waals surface area contributed by atoms with E-state index in [0.29, 0.717) is 24.0 Å². The summed E-state index contributed by atoms with van der Waals surface area (Å²) in [6.07, 6.45) is 2.07. The van der Waals surface area contributed by atoms with Crippen molar-refractivity contribution < 1.29 is 14.0 Å². The predicted octanol–water partition coefficient (Wildman–Crippen LogP) is 3.11. The van der Waals surface area contributed by atoms with Crippen LogP contribution in [0.4, 0.5) is 0 Å². The van der Waals surface area contributed by atoms with Crippen molar-refractivity contribution in [3.63, 3.8) is 0 Å². The van der Waals surface area contributed by atoms with Crippen LogP contribution in [0.25, 0.3) is 11.3 Å². The van der Waals surface area contributed by atoms with Crippen LogP contribution in [0.2, 0.25) is 5.02 Å².